The van der Waals surface area contributed by atoms with Gasteiger partial charge in [-0.3, -0.25) is 0 Å². The largest absolute Gasteiger partial charge is 0.294 e. The van der Waals surface area contributed by atoms with E-state index in [0.29, 0.717) is 11.8 Å². The van der Waals surface area contributed by atoms with E-state index >= 15 is 0 Å². The van der Waals surface area contributed by atoms with Crippen LogP contribution >= 0.6 is 11.3 Å². The van der Waals surface area contributed by atoms with Gasteiger partial charge in [-0.25, -0.2) is 4.57 Å². The standard InChI is InChI=1S/C34H43N2S/c1-11-28-23(8)26-20-25(21(4)5)30(29(22(6)7)31(26)37-28)35-18-19-36-32(35)24-16-14-15-17-27(24)33(9,12-2)34(36,10)13-3/h11,14-22H,1,12-13H2,2-10H3/q+1. The Bertz CT molecular complexity index is 1510. The number of thiophene rings is 1. The van der Waals surface area contributed by atoms with Gasteiger partial charge >= 0.3 is 0 Å². The van der Waals surface area contributed by atoms with Gasteiger partial charge in [-0.1, -0.05) is 79.3 Å². The molecule has 0 bridgehead atoms. The van der Waals surface area contributed by atoms with Crippen molar-refractivity contribution >= 4 is 27.5 Å². The zero-order valence-corrected chi connectivity index (χ0v) is 25.0. The van der Waals surface area contributed by atoms with Crippen molar-refractivity contribution in [2.75, 3.05) is 0 Å². The SMILES string of the molecule is C=Cc1sc2c(C(C)C)c(-n3cc[n+]4c3-c3ccccc3C(C)(CC)C4(C)CC)c(C(C)C)cc2c1C. The van der Waals surface area contributed by atoms with E-state index in [4.69, 9.17) is 0 Å². The monoisotopic (exact) mass is 511 g/mol. The molecule has 2 aromatic carbocycles. The number of hydrogen-bond acceptors (Lipinski definition) is 1. The summed E-state index contributed by atoms with van der Waals surface area (Å²) in [6.07, 6.45) is 8.91. The van der Waals surface area contributed by atoms with E-state index in [1.165, 1.54) is 54.3 Å². The van der Waals surface area contributed by atoms with Gasteiger partial charge in [-0.15, -0.1) is 11.3 Å². The number of nitrogens with zero attached hydrogens (tertiary/aromatic N) is 2. The third kappa shape index (κ3) is 3.39. The second kappa shape index (κ2) is 8.98. The van der Waals surface area contributed by atoms with Crippen LogP contribution < -0.4 is 4.57 Å². The normalized spacial score (nSPS) is 21.1. The molecule has 4 aromatic rings. The Kier molecular flexibility index (Phi) is 6.30. The van der Waals surface area contributed by atoms with E-state index in [0.717, 1.165) is 12.8 Å². The van der Waals surface area contributed by atoms with Crippen molar-refractivity contribution < 1.29 is 4.57 Å². The summed E-state index contributed by atoms with van der Waals surface area (Å²) >= 11 is 1.90. The molecule has 37 heavy (non-hydrogen) atoms. The molecular formula is C34H43N2S+. The van der Waals surface area contributed by atoms with Crippen molar-refractivity contribution in [3.63, 3.8) is 0 Å². The third-order valence-electron chi connectivity index (χ3n) is 9.63. The summed E-state index contributed by atoms with van der Waals surface area (Å²) in [7, 11) is 0. The fourth-order valence-electron chi connectivity index (χ4n) is 6.92. The average molecular weight is 512 g/mol. The van der Waals surface area contributed by atoms with E-state index in [1.807, 2.05) is 17.4 Å². The quantitative estimate of drug-likeness (QED) is 0.228. The molecule has 5 rings (SSSR count). The van der Waals surface area contributed by atoms with E-state index in [1.54, 1.807) is 0 Å². The predicted molar refractivity (Wildman–Crippen MR) is 161 cm³/mol. The second-order valence-corrected chi connectivity index (χ2v) is 13.0. The minimum atomic E-state index is -0.0215. The molecule has 0 N–H and O–H groups in total. The number of aromatic nitrogens is 2. The summed E-state index contributed by atoms with van der Waals surface area (Å²) in [5, 5.41) is 1.39. The van der Waals surface area contributed by atoms with Gasteiger partial charge < -0.3 is 0 Å². The summed E-state index contributed by atoms with van der Waals surface area (Å²) in [5.74, 6) is 2.11. The number of hydrogen-bond donors (Lipinski definition) is 0. The highest BCUT2D eigenvalue weighted by Gasteiger charge is 2.55. The lowest BCUT2D eigenvalue weighted by Gasteiger charge is -2.47. The second-order valence-electron chi connectivity index (χ2n) is 11.9. The first-order valence-electron chi connectivity index (χ1n) is 14.0. The predicted octanol–water partition coefficient (Wildman–Crippen LogP) is 9.65. The minimum Gasteiger partial charge on any atom is -0.224 e. The van der Waals surface area contributed by atoms with E-state index < -0.39 is 0 Å². The highest BCUT2D eigenvalue weighted by atomic mass is 32.1. The average Bonchev–Trinajstić information content (AvgIpc) is 3.47. The molecule has 0 spiro atoms. The van der Waals surface area contributed by atoms with Crippen LogP contribution in [0, 0.1) is 6.92 Å². The number of fused-ring (bicyclic) bond motifs is 4. The zero-order chi connectivity index (χ0) is 26.9. The Morgan fingerprint density at radius 3 is 2.35 bits per heavy atom. The summed E-state index contributed by atoms with van der Waals surface area (Å²) < 4.78 is 6.55. The molecular weight excluding hydrogens is 468 g/mol. The first kappa shape index (κ1) is 26.0. The van der Waals surface area contributed by atoms with Crippen LogP contribution in [0.4, 0.5) is 0 Å². The van der Waals surface area contributed by atoms with Gasteiger partial charge in [0.05, 0.1) is 5.56 Å². The zero-order valence-electron chi connectivity index (χ0n) is 24.2. The molecule has 0 saturated carbocycles. The minimum absolute atomic E-state index is 0.0215. The highest BCUT2D eigenvalue weighted by Crippen LogP contribution is 2.51. The third-order valence-corrected chi connectivity index (χ3v) is 11.0. The molecule has 2 unspecified atom stereocenters. The van der Waals surface area contributed by atoms with E-state index in [2.05, 4.69) is 121 Å². The van der Waals surface area contributed by atoms with Crippen molar-refractivity contribution in [3.8, 4) is 17.1 Å². The molecule has 3 heteroatoms. The Hall–Kier alpha value is -2.65. The van der Waals surface area contributed by atoms with Crippen molar-refractivity contribution in [2.45, 2.75) is 97.9 Å². The molecule has 0 radical (unpaired) electrons. The Morgan fingerprint density at radius 2 is 1.76 bits per heavy atom. The molecule has 2 aromatic heterocycles. The highest BCUT2D eigenvalue weighted by molar-refractivity contribution is 7.20. The first-order valence-corrected chi connectivity index (χ1v) is 14.8. The van der Waals surface area contributed by atoms with Gasteiger partial charge in [-0.05, 0) is 67.2 Å². The molecule has 1 aliphatic heterocycles. The smallest absolute Gasteiger partial charge is 0.224 e. The van der Waals surface area contributed by atoms with Crippen molar-refractivity contribution in [1.29, 1.82) is 0 Å². The number of imidazole rings is 1. The van der Waals surface area contributed by atoms with Gasteiger partial charge in [0.15, 0.2) is 0 Å². The van der Waals surface area contributed by atoms with Crippen LogP contribution in [0.25, 0.3) is 33.2 Å². The molecule has 0 saturated heterocycles. The summed E-state index contributed by atoms with van der Waals surface area (Å²) in [5.41, 5.74) is 8.48. The fourth-order valence-corrected chi connectivity index (χ4v) is 8.25. The number of aryl methyl sites for hydroxylation is 1. The van der Waals surface area contributed by atoms with Crippen LogP contribution in [0.2, 0.25) is 0 Å². The lowest BCUT2D eigenvalue weighted by atomic mass is 9.61. The molecule has 0 fully saturated rings. The van der Waals surface area contributed by atoms with Crippen LogP contribution in [-0.4, -0.2) is 4.57 Å². The lowest BCUT2D eigenvalue weighted by Crippen LogP contribution is -2.67. The van der Waals surface area contributed by atoms with Gasteiger partial charge in [-0.2, -0.15) is 4.57 Å². The van der Waals surface area contributed by atoms with E-state index in [9.17, 15) is 0 Å². The molecule has 1 aliphatic rings. The summed E-state index contributed by atoms with van der Waals surface area (Å²) in [6, 6.07) is 11.6. The number of benzene rings is 2. The van der Waals surface area contributed by atoms with Gasteiger partial charge in [0.2, 0.25) is 0 Å². The summed E-state index contributed by atoms with van der Waals surface area (Å²) in [4.78, 5) is 1.29. The Morgan fingerprint density at radius 1 is 1.05 bits per heavy atom. The molecule has 0 amide bonds. The Balaban J connectivity index is 1.96. The Labute approximate surface area is 227 Å². The maximum atomic E-state index is 4.12. The van der Waals surface area contributed by atoms with Gasteiger partial charge in [0, 0.05) is 26.1 Å². The molecule has 3 heterocycles. The van der Waals surface area contributed by atoms with Crippen molar-refractivity contribution in [1.82, 2.24) is 4.57 Å². The molecule has 0 aliphatic carbocycles. The summed E-state index contributed by atoms with van der Waals surface area (Å²) in [6.45, 7) is 25.4. The lowest BCUT2D eigenvalue weighted by molar-refractivity contribution is -0.764. The van der Waals surface area contributed by atoms with E-state index in [-0.39, 0.29) is 11.0 Å². The van der Waals surface area contributed by atoms with Gasteiger partial charge in [0.1, 0.15) is 23.6 Å². The van der Waals surface area contributed by atoms with Gasteiger partial charge in [0.25, 0.3) is 5.82 Å². The van der Waals surface area contributed by atoms with Crippen LogP contribution in [0.15, 0.2) is 49.3 Å². The van der Waals surface area contributed by atoms with Crippen LogP contribution in [-0.2, 0) is 11.0 Å². The van der Waals surface area contributed by atoms with Crippen LogP contribution in [0.1, 0.15) is 107 Å². The first-order chi connectivity index (χ1) is 17.6. The van der Waals surface area contributed by atoms with Crippen molar-refractivity contribution in [2.24, 2.45) is 0 Å². The maximum Gasteiger partial charge on any atom is 0.294 e. The molecule has 194 valence electrons. The molecule has 2 nitrogen and oxygen atoms in total. The molecule has 2 atom stereocenters. The topological polar surface area (TPSA) is 8.81 Å². The maximum absolute atomic E-state index is 4.12. The van der Waals surface area contributed by atoms with Crippen LogP contribution in [0.3, 0.4) is 0 Å². The fraction of sp³-hybridized carbons (Fsp3) is 0.441. The number of rotatable bonds is 6. The van der Waals surface area contributed by atoms with Crippen LogP contribution in [0.5, 0.6) is 0 Å². The van der Waals surface area contributed by atoms with Crippen molar-refractivity contribution in [3.05, 3.63) is 76.4 Å².